The standard InChI is InChI=1S/2C10H13NO.CH4/c2*1-8(12)10(11)7-9-5-3-2-4-6-9;/h2*2-6,10H,7,11H2,1H3;1H4/t2*10-;/m11./s1. The molecule has 0 aromatic heterocycles. The van der Waals surface area contributed by atoms with Crippen molar-refractivity contribution in [3.63, 3.8) is 0 Å². The first-order chi connectivity index (χ1) is 11.4. The van der Waals surface area contributed by atoms with Crippen molar-refractivity contribution in [3.05, 3.63) is 71.8 Å². The third kappa shape index (κ3) is 9.55. The molecule has 0 aliphatic heterocycles. The molecule has 0 fully saturated rings. The van der Waals surface area contributed by atoms with Crippen LogP contribution in [0.2, 0.25) is 0 Å². The van der Waals surface area contributed by atoms with Gasteiger partial charge in [-0.15, -0.1) is 0 Å². The maximum Gasteiger partial charge on any atom is 0.146 e. The van der Waals surface area contributed by atoms with E-state index in [1.807, 2.05) is 60.7 Å². The van der Waals surface area contributed by atoms with Gasteiger partial charge in [-0.05, 0) is 37.8 Å². The Hall–Kier alpha value is -2.30. The maximum absolute atomic E-state index is 10.8. The van der Waals surface area contributed by atoms with Crippen LogP contribution in [-0.4, -0.2) is 23.7 Å². The summed E-state index contributed by atoms with van der Waals surface area (Å²) in [4.78, 5) is 21.6. The van der Waals surface area contributed by atoms with E-state index in [2.05, 4.69) is 0 Å². The zero-order valence-corrected chi connectivity index (χ0v) is 14.3. The Morgan fingerprint density at radius 1 is 0.720 bits per heavy atom. The fourth-order valence-corrected chi connectivity index (χ4v) is 2.02. The summed E-state index contributed by atoms with van der Waals surface area (Å²) in [5.41, 5.74) is 13.4. The van der Waals surface area contributed by atoms with E-state index >= 15 is 0 Å². The van der Waals surface area contributed by atoms with Gasteiger partial charge in [-0.25, -0.2) is 0 Å². The van der Waals surface area contributed by atoms with Crippen LogP contribution in [0.15, 0.2) is 60.7 Å². The van der Waals surface area contributed by atoms with Crippen molar-refractivity contribution in [2.24, 2.45) is 11.5 Å². The highest BCUT2D eigenvalue weighted by molar-refractivity contribution is 5.81. The highest BCUT2D eigenvalue weighted by Crippen LogP contribution is 2.02. The molecule has 2 atom stereocenters. The van der Waals surface area contributed by atoms with Gasteiger partial charge in [-0.3, -0.25) is 9.59 Å². The summed E-state index contributed by atoms with van der Waals surface area (Å²) in [5.74, 6) is 0.0812. The van der Waals surface area contributed by atoms with Gasteiger partial charge < -0.3 is 11.5 Å². The molecule has 0 radical (unpaired) electrons. The molecule has 0 bridgehead atoms. The molecule has 0 aliphatic rings. The van der Waals surface area contributed by atoms with Gasteiger partial charge in [-0.1, -0.05) is 68.1 Å². The average molecular weight is 342 g/mol. The molecule has 0 amide bonds. The summed E-state index contributed by atoms with van der Waals surface area (Å²) in [6.45, 7) is 3.04. The number of rotatable bonds is 6. The maximum atomic E-state index is 10.8. The molecule has 0 spiro atoms. The van der Waals surface area contributed by atoms with Crippen molar-refractivity contribution in [1.82, 2.24) is 0 Å². The van der Waals surface area contributed by atoms with Crippen LogP contribution < -0.4 is 11.5 Å². The van der Waals surface area contributed by atoms with E-state index in [4.69, 9.17) is 11.5 Å². The number of nitrogens with two attached hydrogens (primary N) is 2. The molecule has 4 heteroatoms. The molecule has 2 rings (SSSR count). The number of carbonyl (C=O) groups excluding carboxylic acids is 2. The molecule has 4 nitrogen and oxygen atoms in total. The number of benzene rings is 2. The van der Waals surface area contributed by atoms with Crippen LogP contribution in [0, 0.1) is 0 Å². The van der Waals surface area contributed by atoms with E-state index in [0.717, 1.165) is 11.1 Å². The van der Waals surface area contributed by atoms with E-state index in [0.29, 0.717) is 12.8 Å². The second-order valence-corrected chi connectivity index (χ2v) is 5.81. The van der Waals surface area contributed by atoms with E-state index in [9.17, 15) is 9.59 Å². The SMILES string of the molecule is C.CC(=O)[C@H](N)Cc1ccccc1.CC(=O)[C@H](N)Cc1ccccc1. The predicted octanol–water partition coefficient (Wildman–Crippen LogP) is 2.93. The summed E-state index contributed by atoms with van der Waals surface area (Å²) >= 11 is 0. The second-order valence-electron chi connectivity index (χ2n) is 5.81. The largest absolute Gasteiger partial charge is 0.321 e. The van der Waals surface area contributed by atoms with Crippen LogP contribution >= 0.6 is 0 Å². The monoisotopic (exact) mass is 342 g/mol. The van der Waals surface area contributed by atoms with Crippen LogP contribution in [0.4, 0.5) is 0 Å². The van der Waals surface area contributed by atoms with Gasteiger partial charge in [0.2, 0.25) is 0 Å². The predicted molar refractivity (Wildman–Crippen MR) is 104 cm³/mol. The summed E-state index contributed by atoms with van der Waals surface area (Å²) in [7, 11) is 0. The fourth-order valence-electron chi connectivity index (χ4n) is 2.02. The van der Waals surface area contributed by atoms with E-state index in [1.165, 1.54) is 13.8 Å². The van der Waals surface area contributed by atoms with Crippen LogP contribution in [0.25, 0.3) is 0 Å². The van der Waals surface area contributed by atoms with Crippen molar-refractivity contribution >= 4 is 11.6 Å². The molecule has 2 aromatic carbocycles. The number of carbonyl (C=O) groups is 2. The first-order valence-corrected chi connectivity index (χ1v) is 8.00. The highest BCUT2D eigenvalue weighted by Gasteiger charge is 2.08. The molecule has 0 saturated heterocycles. The fraction of sp³-hybridized carbons (Fsp3) is 0.333. The Kier molecular flexibility index (Phi) is 11.0. The van der Waals surface area contributed by atoms with Gasteiger partial charge in [0.1, 0.15) is 11.6 Å². The van der Waals surface area contributed by atoms with E-state index in [1.54, 1.807) is 0 Å². The molecule has 2 aromatic rings. The van der Waals surface area contributed by atoms with E-state index in [-0.39, 0.29) is 31.1 Å². The zero-order chi connectivity index (χ0) is 17.9. The molecule has 0 saturated carbocycles. The van der Waals surface area contributed by atoms with Gasteiger partial charge in [0.05, 0.1) is 12.1 Å². The van der Waals surface area contributed by atoms with Gasteiger partial charge in [-0.2, -0.15) is 0 Å². The lowest BCUT2D eigenvalue weighted by Gasteiger charge is -2.06. The van der Waals surface area contributed by atoms with Gasteiger partial charge in [0, 0.05) is 0 Å². The number of hydrogen-bond donors (Lipinski definition) is 2. The third-order valence-corrected chi connectivity index (χ3v) is 3.64. The summed E-state index contributed by atoms with van der Waals surface area (Å²) in [5, 5.41) is 0. The van der Waals surface area contributed by atoms with Crippen molar-refractivity contribution < 1.29 is 9.59 Å². The topological polar surface area (TPSA) is 86.2 Å². The Balaban J connectivity index is 0.000000443. The first-order valence-electron chi connectivity index (χ1n) is 8.00. The van der Waals surface area contributed by atoms with Crippen LogP contribution in [0.5, 0.6) is 0 Å². The van der Waals surface area contributed by atoms with Crippen LogP contribution in [0.3, 0.4) is 0 Å². The van der Waals surface area contributed by atoms with Crippen molar-refractivity contribution in [2.75, 3.05) is 0 Å². The molecule has 0 heterocycles. The Morgan fingerprint density at radius 2 is 1.00 bits per heavy atom. The van der Waals surface area contributed by atoms with Gasteiger partial charge in [0.25, 0.3) is 0 Å². The lowest BCUT2D eigenvalue weighted by atomic mass is 10.0. The molecular weight excluding hydrogens is 312 g/mol. The number of Topliss-reactive ketones (excluding diaryl/α,β-unsaturated/α-hetero) is 2. The highest BCUT2D eigenvalue weighted by atomic mass is 16.1. The Bertz CT molecular complexity index is 569. The minimum absolute atomic E-state index is 0. The number of hydrogen-bond acceptors (Lipinski definition) is 4. The molecule has 25 heavy (non-hydrogen) atoms. The molecular formula is C21H30N2O2. The Labute approximate surface area is 151 Å². The summed E-state index contributed by atoms with van der Waals surface area (Å²) in [6, 6.07) is 18.9. The van der Waals surface area contributed by atoms with Gasteiger partial charge in [0.15, 0.2) is 0 Å². The molecule has 0 aliphatic carbocycles. The first kappa shape index (κ1) is 22.7. The minimum Gasteiger partial charge on any atom is -0.321 e. The van der Waals surface area contributed by atoms with Crippen molar-refractivity contribution in [1.29, 1.82) is 0 Å². The number of ketones is 2. The van der Waals surface area contributed by atoms with Crippen molar-refractivity contribution in [2.45, 2.75) is 46.2 Å². The summed E-state index contributed by atoms with van der Waals surface area (Å²) < 4.78 is 0. The summed E-state index contributed by atoms with van der Waals surface area (Å²) in [6.07, 6.45) is 1.27. The smallest absolute Gasteiger partial charge is 0.146 e. The average Bonchev–Trinajstić information content (AvgIpc) is 2.57. The lowest BCUT2D eigenvalue weighted by molar-refractivity contribution is -0.119. The lowest BCUT2D eigenvalue weighted by Crippen LogP contribution is -2.30. The molecule has 136 valence electrons. The van der Waals surface area contributed by atoms with Crippen molar-refractivity contribution in [3.8, 4) is 0 Å². The zero-order valence-electron chi connectivity index (χ0n) is 14.3. The van der Waals surface area contributed by atoms with Gasteiger partial charge >= 0.3 is 0 Å². The quantitative estimate of drug-likeness (QED) is 0.845. The van der Waals surface area contributed by atoms with Crippen LogP contribution in [0.1, 0.15) is 32.4 Å². The second kappa shape index (κ2) is 12.1. The molecule has 4 N–H and O–H groups in total. The van der Waals surface area contributed by atoms with E-state index < -0.39 is 0 Å². The Morgan fingerprint density at radius 3 is 1.24 bits per heavy atom. The normalized spacial score (nSPS) is 12.0. The third-order valence-electron chi connectivity index (χ3n) is 3.64. The minimum atomic E-state index is -0.354. The molecule has 0 unspecified atom stereocenters. The van der Waals surface area contributed by atoms with Crippen LogP contribution in [-0.2, 0) is 22.4 Å².